The minimum absolute atomic E-state index is 0.114. The maximum absolute atomic E-state index is 12.9. The molecule has 0 saturated heterocycles. The number of halogens is 1. The summed E-state index contributed by atoms with van der Waals surface area (Å²) >= 11 is 6.67. The lowest BCUT2D eigenvalue weighted by Crippen LogP contribution is -2.56. The Kier molecular flexibility index (Phi) is 7.25. The van der Waals surface area contributed by atoms with E-state index in [1.165, 1.54) is 4.90 Å². The Bertz CT molecular complexity index is 902. The molecule has 0 bridgehead atoms. The molecule has 1 aliphatic heterocycles. The Morgan fingerprint density at radius 1 is 1.31 bits per heavy atom. The molecule has 0 spiro atoms. The van der Waals surface area contributed by atoms with Gasteiger partial charge in [0.1, 0.15) is 0 Å². The quantitative estimate of drug-likeness (QED) is 0.510. The number of rotatable bonds is 8. The monoisotopic (exact) mass is 462 g/mol. The topological polar surface area (TPSA) is 89.9 Å². The Morgan fingerprint density at radius 3 is 2.56 bits per heavy atom. The van der Waals surface area contributed by atoms with Crippen molar-refractivity contribution in [3.05, 3.63) is 46.1 Å². The SMILES string of the molecule is CC(C)(C)CCc1ccc([C@]2(C)NC(=O)N(CCC(=O)O)C=C2[C@H]2C[C@@H](CO)C2)cc1Cl. The van der Waals surface area contributed by atoms with E-state index < -0.39 is 11.5 Å². The lowest BCUT2D eigenvalue weighted by Gasteiger charge is -2.47. The van der Waals surface area contributed by atoms with Gasteiger partial charge in [-0.2, -0.15) is 0 Å². The predicted octanol–water partition coefficient (Wildman–Crippen LogP) is 4.94. The number of nitrogens with zero attached hydrogens (tertiary/aromatic N) is 1. The summed E-state index contributed by atoms with van der Waals surface area (Å²) < 4.78 is 0. The van der Waals surface area contributed by atoms with Crippen molar-refractivity contribution in [3.63, 3.8) is 0 Å². The molecule has 1 aromatic rings. The molecule has 1 aliphatic carbocycles. The third-order valence-electron chi connectivity index (χ3n) is 6.77. The van der Waals surface area contributed by atoms with E-state index in [-0.39, 0.29) is 42.9 Å². The number of amides is 2. The molecule has 2 amide bonds. The van der Waals surface area contributed by atoms with Gasteiger partial charge in [-0.05, 0) is 72.6 Å². The van der Waals surface area contributed by atoms with Crippen molar-refractivity contribution >= 4 is 23.6 Å². The lowest BCUT2D eigenvalue weighted by atomic mass is 9.65. The van der Waals surface area contributed by atoms with E-state index >= 15 is 0 Å². The van der Waals surface area contributed by atoms with Gasteiger partial charge < -0.3 is 20.4 Å². The Labute approximate surface area is 195 Å². The average molecular weight is 463 g/mol. The smallest absolute Gasteiger partial charge is 0.322 e. The van der Waals surface area contributed by atoms with Gasteiger partial charge in [0.25, 0.3) is 0 Å². The maximum Gasteiger partial charge on any atom is 0.322 e. The molecule has 6 nitrogen and oxygen atoms in total. The number of urea groups is 1. The van der Waals surface area contributed by atoms with E-state index in [1.807, 2.05) is 31.3 Å². The first kappa shape index (κ1) is 24.6. The number of benzene rings is 1. The number of carbonyl (C=O) groups is 2. The van der Waals surface area contributed by atoms with Gasteiger partial charge in [-0.15, -0.1) is 0 Å². The molecular formula is C25H35ClN2O4. The van der Waals surface area contributed by atoms with Crippen molar-refractivity contribution in [1.29, 1.82) is 0 Å². The van der Waals surface area contributed by atoms with Gasteiger partial charge in [0, 0.05) is 24.4 Å². The second kappa shape index (κ2) is 9.44. The van der Waals surface area contributed by atoms with Crippen molar-refractivity contribution in [1.82, 2.24) is 10.2 Å². The molecule has 3 rings (SSSR count). The van der Waals surface area contributed by atoms with E-state index in [1.54, 1.807) is 0 Å². The van der Waals surface area contributed by atoms with Gasteiger partial charge in [-0.25, -0.2) is 4.79 Å². The summed E-state index contributed by atoms with van der Waals surface area (Å²) in [5.74, 6) is -0.467. The van der Waals surface area contributed by atoms with E-state index in [0.717, 1.165) is 42.4 Å². The average Bonchev–Trinajstić information content (AvgIpc) is 2.66. The van der Waals surface area contributed by atoms with Crippen LogP contribution in [0.5, 0.6) is 0 Å². The molecule has 2 aliphatic rings. The van der Waals surface area contributed by atoms with Gasteiger partial charge in [-0.1, -0.05) is 44.5 Å². The number of aliphatic carboxylic acids is 1. The minimum atomic E-state index is -0.942. The molecule has 0 aromatic heterocycles. The third-order valence-corrected chi connectivity index (χ3v) is 7.12. The number of hydrogen-bond donors (Lipinski definition) is 3. The van der Waals surface area contributed by atoms with E-state index in [9.17, 15) is 14.7 Å². The van der Waals surface area contributed by atoms with Gasteiger partial charge >= 0.3 is 12.0 Å². The zero-order valence-corrected chi connectivity index (χ0v) is 20.2. The number of aliphatic hydroxyl groups excluding tert-OH is 1. The van der Waals surface area contributed by atoms with Crippen LogP contribution >= 0.6 is 11.6 Å². The fourth-order valence-corrected chi connectivity index (χ4v) is 4.83. The molecule has 0 radical (unpaired) electrons. The molecule has 3 N–H and O–H groups in total. The highest BCUT2D eigenvalue weighted by atomic mass is 35.5. The van der Waals surface area contributed by atoms with E-state index in [4.69, 9.17) is 16.7 Å². The van der Waals surface area contributed by atoms with Crippen LogP contribution in [0.2, 0.25) is 5.02 Å². The number of aliphatic hydroxyl groups is 1. The summed E-state index contributed by atoms with van der Waals surface area (Å²) in [7, 11) is 0. The first-order chi connectivity index (χ1) is 14.9. The van der Waals surface area contributed by atoms with Gasteiger partial charge in [0.15, 0.2) is 0 Å². The largest absolute Gasteiger partial charge is 0.481 e. The molecule has 1 aromatic carbocycles. The molecule has 1 saturated carbocycles. The van der Waals surface area contributed by atoms with Gasteiger partial charge in [0.05, 0.1) is 12.0 Å². The van der Waals surface area contributed by atoms with Crippen molar-refractivity contribution < 1.29 is 19.8 Å². The number of nitrogens with one attached hydrogen (secondary N) is 1. The normalized spacial score (nSPS) is 25.8. The van der Waals surface area contributed by atoms with Crippen molar-refractivity contribution in [2.45, 2.75) is 65.3 Å². The maximum atomic E-state index is 12.9. The zero-order valence-electron chi connectivity index (χ0n) is 19.4. The minimum Gasteiger partial charge on any atom is -0.481 e. The molecule has 1 atom stereocenters. The van der Waals surface area contributed by atoms with Crippen molar-refractivity contribution in [2.75, 3.05) is 13.2 Å². The van der Waals surface area contributed by atoms with Crippen LogP contribution in [0.4, 0.5) is 4.79 Å². The standard InChI is InChI=1S/C25H35ClN2O4/c1-24(2,3)9-7-17-5-6-19(13-21(17)26)25(4)20(18-11-16(12-18)15-29)14-28(23(32)27-25)10-8-22(30)31/h5-6,13-14,16,18,29H,7-12,15H2,1-4H3,(H,27,32)(H,30,31)/t16-,18+,25-/m0/s1. The predicted molar refractivity (Wildman–Crippen MR) is 125 cm³/mol. The third kappa shape index (κ3) is 5.46. The second-order valence-electron chi connectivity index (χ2n) is 10.6. The summed E-state index contributed by atoms with van der Waals surface area (Å²) in [6.45, 7) is 8.88. The van der Waals surface area contributed by atoms with Crippen molar-refractivity contribution in [2.24, 2.45) is 17.3 Å². The number of carbonyl (C=O) groups excluding carboxylic acids is 1. The first-order valence-electron chi connectivity index (χ1n) is 11.4. The van der Waals surface area contributed by atoms with Crippen molar-refractivity contribution in [3.8, 4) is 0 Å². The van der Waals surface area contributed by atoms with E-state index in [0.29, 0.717) is 5.02 Å². The first-order valence-corrected chi connectivity index (χ1v) is 11.7. The summed E-state index contributed by atoms with van der Waals surface area (Å²) in [4.78, 5) is 25.3. The van der Waals surface area contributed by atoms with Gasteiger partial charge in [0.2, 0.25) is 0 Å². The highest BCUT2D eigenvalue weighted by Gasteiger charge is 2.45. The Morgan fingerprint density at radius 2 is 2.00 bits per heavy atom. The molecule has 0 unspecified atom stereocenters. The molecule has 7 heteroatoms. The zero-order chi connectivity index (χ0) is 23.7. The summed E-state index contributed by atoms with van der Waals surface area (Å²) in [6, 6.07) is 5.71. The number of carboxylic acid groups (broad SMARTS) is 1. The van der Waals surface area contributed by atoms with Crippen LogP contribution < -0.4 is 5.32 Å². The molecule has 32 heavy (non-hydrogen) atoms. The fourth-order valence-electron chi connectivity index (χ4n) is 4.56. The highest BCUT2D eigenvalue weighted by molar-refractivity contribution is 6.31. The second-order valence-corrected chi connectivity index (χ2v) is 11.0. The summed E-state index contributed by atoms with van der Waals surface area (Å²) in [5.41, 5.74) is 2.51. The van der Waals surface area contributed by atoms with Crippen LogP contribution in [0.25, 0.3) is 0 Å². The number of hydrogen-bond acceptors (Lipinski definition) is 3. The molecule has 176 valence electrons. The Balaban J connectivity index is 1.91. The van der Waals surface area contributed by atoms with Crippen LogP contribution in [0, 0.1) is 17.3 Å². The number of aryl methyl sites for hydroxylation is 1. The molecular weight excluding hydrogens is 428 g/mol. The fraction of sp³-hybridized carbons (Fsp3) is 0.600. The Hall–Kier alpha value is -2.05. The van der Waals surface area contributed by atoms with Crippen LogP contribution in [0.15, 0.2) is 30.0 Å². The van der Waals surface area contributed by atoms with Crippen LogP contribution in [0.1, 0.15) is 64.5 Å². The van der Waals surface area contributed by atoms with Crippen LogP contribution in [-0.2, 0) is 16.8 Å². The van der Waals surface area contributed by atoms with Gasteiger partial charge in [-0.3, -0.25) is 4.79 Å². The summed E-state index contributed by atoms with van der Waals surface area (Å²) in [5, 5.41) is 22.3. The lowest BCUT2D eigenvalue weighted by molar-refractivity contribution is -0.137. The van der Waals surface area contributed by atoms with E-state index in [2.05, 4.69) is 26.1 Å². The molecule has 1 heterocycles. The van der Waals surface area contributed by atoms with Crippen LogP contribution in [-0.4, -0.2) is 40.3 Å². The number of carboxylic acids is 1. The molecule has 1 fully saturated rings. The summed E-state index contributed by atoms with van der Waals surface area (Å²) in [6.07, 6.45) is 5.30. The van der Waals surface area contributed by atoms with Crippen LogP contribution in [0.3, 0.4) is 0 Å². The highest BCUT2D eigenvalue weighted by Crippen LogP contribution is 2.47.